The third-order valence-electron chi connectivity index (χ3n) is 6.52. The molecule has 0 bridgehead atoms. The van der Waals surface area contributed by atoms with Crippen LogP contribution in [0.15, 0.2) is 42.5 Å². The maximum absolute atomic E-state index is 13.6. The van der Waals surface area contributed by atoms with E-state index in [2.05, 4.69) is 11.8 Å². The second kappa shape index (κ2) is 11.3. The van der Waals surface area contributed by atoms with Crippen molar-refractivity contribution < 1.29 is 9.90 Å². The molecular weight excluding hydrogens is 481 g/mol. The maximum Gasteiger partial charge on any atom is 0.274 e. The Hall–Kier alpha value is -2.78. The fourth-order valence-corrected chi connectivity index (χ4v) is 5.08. The normalized spacial score (nSPS) is 13.9. The van der Waals surface area contributed by atoms with Crippen molar-refractivity contribution in [1.82, 2.24) is 14.5 Å². The number of nitrogens with zero attached hydrogens (tertiary/aromatic N) is 3. The van der Waals surface area contributed by atoms with Crippen molar-refractivity contribution in [3.8, 4) is 28.9 Å². The number of amides is 1. The monoisotopic (exact) mass is 509 g/mol. The summed E-state index contributed by atoms with van der Waals surface area (Å²) >= 11 is 12.7. The molecule has 0 saturated heterocycles. The number of aliphatic hydroxyl groups is 1. The van der Waals surface area contributed by atoms with Gasteiger partial charge in [0.15, 0.2) is 0 Å². The number of aromatic nitrogens is 2. The van der Waals surface area contributed by atoms with Crippen LogP contribution in [0.25, 0.3) is 17.1 Å². The molecule has 1 aromatic heterocycles. The summed E-state index contributed by atoms with van der Waals surface area (Å²) in [6.45, 7) is 1.95. The average Bonchev–Trinajstić information content (AvgIpc) is 3.21. The second-order valence-electron chi connectivity index (χ2n) is 8.86. The molecular formula is C28H29Cl2N3O2. The predicted octanol–water partition coefficient (Wildman–Crippen LogP) is 6.29. The van der Waals surface area contributed by atoms with Gasteiger partial charge in [0.05, 0.1) is 17.3 Å². The number of hydrogen-bond donors (Lipinski definition) is 1. The van der Waals surface area contributed by atoms with Crippen LogP contribution in [0.4, 0.5) is 0 Å². The average molecular weight is 510 g/mol. The van der Waals surface area contributed by atoms with Gasteiger partial charge in [0, 0.05) is 41.3 Å². The summed E-state index contributed by atoms with van der Waals surface area (Å²) in [6.07, 6.45) is 6.00. The lowest BCUT2D eigenvalue weighted by Gasteiger charge is -2.30. The molecule has 1 amide bonds. The first-order chi connectivity index (χ1) is 16.9. The Morgan fingerprint density at radius 3 is 2.51 bits per heavy atom. The quantitative estimate of drug-likeness (QED) is 0.411. The molecule has 3 aromatic rings. The van der Waals surface area contributed by atoms with Crippen LogP contribution < -0.4 is 0 Å². The van der Waals surface area contributed by atoms with Gasteiger partial charge >= 0.3 is 0 Å². The summed E-state index contributed by atoms with van der Waals surface area (Å²) in [5.41, 5.74) is 3.57. The summed E-state index contributed by atoms with van der Waals surface area (Å²) in [6, 6.07) is 13.3. The zero-order chi connectivity index (χ0) is 24.9. The molecule has 1 N–H and O–H groups in total. The molecule has 0 spiro atoms. The van der Waals surface area contributed by atoms with Crippen LogP contribution in [0.5, 0.6) is 0 Å². The Kier molecular flexibility index (Phi) is 8.18. The molecule has 2 aromatic carbocycles. The van der Waals surface area contributed by atoms with E-state index in [1.165, 1.54) is 6.42 Å². The van der Waals surface area contributed by atoms with Gasteiger partial charge in [-0.1, -0.05) is 54.3 Å². The highest BCUT2D eigenvalue weighted by Crippen LogP contribution is 2.34. The molecule has 1 fully saturated rings. The fraction of sp³-hybridized carbons (Fsp3) is 0.357. The Morgan fingerprint density at radius 2 is 1.86 bits per heavy atom. The second-order valence-corrected chi connectivity index (χ2v) is 9.70. The summed E-state index contributed by atoms with van der Waals surface area (Å²) in [5, 5.41) is 9.95. The third-order valence-corrected chi connectivity index (χ3v) is 7.07. The number of aliphatic hydroxyl groups excluding tert-OH is 1. The van der Waals surface area contributed by atoms with Crippen molar-refractivity contribution in [3.63, 3.8) is 0 Å². The van der Waals surface area contributed by atoms with Gasteiger partial charge in [-0.2, -0.15) is 0 Å². The van der Waals surface area contributed by atoms with Crippen LogP contribution in [0.2, 0.25) is 10.0 Å². The number of halogens is 2. The van der Waals surface area contributed by atoms with Gasteiger partial charge in [0.2, 0.25) is 0 Å². The highest BCUT2D eigenvalue weighted by Gasteiger charge is 2.29. The lowest BCUT2D eigenvalue weighted by atomic mass is 9.94. The van der Waals surface area contributed by atoms with Crippen LogP contribution in [-0.2, 0) is 0 Å². The van der Waals surface area contributed by atoms with Crippen molar-refractivity contribution in [3.05, 3.63) is 69.5 Å². The van der Waals surface area contributed by atoms with Gasteiger partial charge in [0.25, 0.3) is 5.91 Å². The van der Waals surface area contributed by atoms with E-state index < -0.39 is 0 Å². The fourth-order valence-electron chi connectivity index (χ4n) is 4.59. The standard InChI is InChI=1S/C28H29Cl2N3O2/c1-19-26(28(35)32(2)22-9-4-3-5-10-22)31-27(24-16-13-21(29)18-25(24)30)33(19)23-14-11-20(12-15-23)8-6-7-17-34/h11-16,18,22,34H,3-5,7,9-10,17H2,1-2H3. The zero-order valence-electron chi connectivity index (χ0n) is 20.0. The highest BCUT2D eigenvalue weighted by atomic mass is 35.5. The van der Waals surface area contributed by atoms with E-state index in [1.807, 2.05) is 53.8 Å². The van der Waals surface area contributed by atoms with E-state index in [1.54, 1.807) is 12.1 Å². The molecule has 5 nitrogen and oxygen atoms in total. The Balaban J connectivity index is 1.79. The SMILES string of the molecule is Cc1c(C(=O)N(C)C2CCCCC2)nc(-c2ccc(Cl)cc2Cl)n1-c1ccc(C#CCCO)cc1. The van der Waals surface area contributed by atoms with E-state index in [0.717, 1.165) is 42.6 Å². The van der Waals surface area contributed by atoms with Crippen molar-refractivity contribution in [2.45, 2.75) is 51.5 Å². The van der Waals surface area contributed by atoms with Gasteiger partial charge < -0.3 is 10.0 Å². The van der Waals surface area contributed by atoms with Crippen molar-refractivity contribution in [1.29, 1.82) is 0 Å². The van der Waals surface area contributed by atoms with Gasteiger partial charge in [-0.25, -0.2) is 4.98 Å². The largest absolute Gasteiger partial charge is 0.395 e. The zero-order valence-corrected chi connectivity index (χ0v) is 21.5. The molecule has 4 rings (SSSR count). The van der Waals surface area contributed by atoms with E-state index in [9.17, 15) is 4.79 Å². The summed E-state index contributed by atoms with van der Waals surface area (Å²) in [7, 11) is 1.88. The minimum Gasteiger partial charge on any atom is -0.395 e. The first kappa shape index (κ1) is 25.3. The van der Waals surface area contributed by atoms with Gasteiger partial charge in [-0.15, -0.1) is 0 Å². The van der Waals surface area contributed by atoms with Crippen LogP contribution in [-0.4, -0.2) is 45.2 Å². The van der Waals surface area contributed by atoms with Gasteiger partial charge in [-0.3, -0.25) is 9.36 Å². The Bertz CT molecular complexity index is 1270. The highest BCUT2D eigenvalue weighted by molar-refractivity contribution is 6.36. The van der Waals surface area contributed by atoms with Crippen molar-refractivity contribution in [2.75, 3.05) is 13.7 Å². The first-order valence-electron chi connectivity index (χ1n) is 11.9. The molecule has 1 heterocycles. The Morgan fingerprint density at radius 1 is 1.14 bits per heavy atom. The number of carbonyl (C=O) groups excluding carboxylic acids is 1. The van der Waals surface area contributed by atoms with E-state index in [4.69, 9.17) is 33.3 Å². The molecule has 0 unspecified atom stereocenters. The lowest BCUT2D eigenvalue weighted by Crippen LogP contribution is -2.38. The van der Waals surface area contributed by atoms with Crippen LogP contribution in [0, 0.1) is 18.8 Å². The van der Waals surface area contributed by atoms with Crippen molar-refractivity contribution in [2.24, 2.45) is 0 Å². The Labute approximate surface area is 216 Å². The molecule has 0 aliphatic heterocycles. The molecule has 1 aliphatic rings. The van der Waals surface area contributed by atoms with Crippen LogP contribution in [0.3, 0.4) is 0 Å². The molecule has 0 radical (unpaired) electrons. The molecule has 35 heavy (non-hydrogen) atoms. The van der Waals surface area contributed by atoms with E-state index >= 15 is 0 Å². The van der Waals surface area contributed by atoms with Crippen LogP contribution in [0.1, 0.15) is 60.3 Å². The van der Waals surface area contributed by atoms with E-state index in [-0.39, 0.29) is 18.6 Å². The number of imidazole rings is 1. The van der Waals surface area contributed by atoms with Crippen LogP contribution >= 0.6 is 23.2 Å². The predicted molar refractivity (Wildman–Crippen MR) is 141 cm³/mol. The maximum atomic E-state index is 13.6. The minimum absolute atomic E-state index is 0.0383. The summed E-state index contributed by atoms with van der Waals surface area (Å²) < 4.78 is 1.96. The first-order valence-corrected chi connectivity index (χ1v) is 12.7. The molecule has 0 atom stereocenters. The van der Waals surface area contributed by atoms with Crippen molar-refractivity contribution >= 4 is 29.1 Å². The van der Waals surface area contributed by atoms with Gasteiger partial charge in [-0.05, 0) is 62.2 Å². The molecule has 1 aliphatic carbocycles. The molecule has 7 heteroatoms. The summed E-state index contributed by atoms with van der Waals surface area (Å²) in [5.74, 6) is 6.49. The lowest BCUT2D eigenvalue weighted by molar-refractivity contribution is 0.0690. The molecule has 182 valence electrons. The third kappa shape index (κ3) is 5.56. The number of carbonyl (C=O) groups is 1. The topological polar surface area (TPSA) is 58.4 Å². The minimum atomic E-state index is -0.0778. The smallest absolute Gasteiger partial charge is 0.274 e. The number of hydrogen-bond acceptors (Lipinski definition) is 3. The van der Waals surface area contributed by atoms with E-state index in [0.29, 0.717) is 33.5 Å². The number of rotatable bonds is 5. The van der Waals surface area contributed by atoms with Gasteiger partial charge in [0.1, 0.15) is 11.5 Å². The number of benzene rings is 2. The summed E-state index contributed by atoms with van der Waals surface area (Å²) in [4.78, 5) is 20.3. The molecule has 1 saturated carbocycles.